The van der Waals surface area contributed by atoms with Crippen LogP contribution in [-0.4, -0.2) is 49.1 Å². The normalized spacial score (nSPS) is 11.6. The second-order valence-electron chi connectivity index (χ2n) is 14.2. The molecule has 0 fully saturated rings. The molecule has 0 aliphatic heterocycles. The molecule has 8 nitrogen and oxygen atoms in total. The molecule has 282 valence electrons. The van der Waals surface area contributed by atoms with Gasteiger partial charge in [0.25, 0.3) is 0 Å². The number of ether oxygens (including phenoxy) is 2. The lowest BCUT2D eigenvalue weighted by Gasteiger charge is -2.25. The van der Waals surface area contributed by atoms with E-state index in [1.807, 2.05) is 85.1 Å². The number of anilines is 2. The molecule has 0 amide bonds. The van der Waals surface area contributed by atoms with E-state index in [9.17, 15) is 19.8 Å². The summed E-state index contributed by atoms with van der Waals surface area (Å²) < 4.78 is 11.3. The number of nitrogens with one attached hydrogen (secondary N) is 2. The number of aromatic hydroxyl groups is 2. The highest BCUT2D eigenvalue weighted by atomic mass is 16.5. The largest absolute Gasteiger partial charge is 0.508 e. The van der Waals surface area contributed by atoms with Crippen molar-refractivity contribution in [2.75, 3.05) is 37.9 Å². The monoisotopic (exact) mass is 720 g/mol. The van der Waals surface area contributed by atoms with Crippen LogP contribution in [0.1, 0.15) is 105 Å². The Kier molecular flexibility index (Phi) is 14.9. The van der Waals surface area contributed by atoms with Gasteiger partial charge >= 0.3 is 0 Å². The summed E-state index contributed by atoms with van der Waals surface area (Å²) in [7, 11) is 3.68. The SMILES string of the molecule is CCOc1cc(O)c(C(C)(C)C)cc1C=CC(=O)c1ccc(NC)cc1.CCOc1cc(O)c(C(C)(C)CC)cc1C=CC(=O)c1ccc(NC)cc1. The summed E-state index contributed by atoms with van der Waals surface area (Å²) >= 11 is 0. The number of hydrogen-bond acceptors (Lipinski definition) is 8. The maximum Gasteiger partial charge on any atom is 0.185 e. The Balaban J connectivity index is 0.000000286. The number of carbonyl (C=O) groups excluding carboxylic acids is 2. The Labute approximate surface area is 315 Å². The van der Waals surface area contributed by atoms with Crippen LogP contribution in [0.5, 0.6) is 23.0 Å². The lowest BCUT2D eigenvalue weighted by atomic mass is 9.81. The van der Waals surface area contributed by atoms with Gasteiger partial charge in [-0.05, 0) is 116 Å². The van der Waals surface area contributed by atoms with Crippen LogP contribution in [0.15, 0.2) is 84.9 Å². The van der Waals surface area contributed by atoms with Gasteiger partial charge in [0.2, 0.25) is 0 Å². The molecule has 4 aromatic rings. The molecule has 0 bridgehead atoms. The van der Waals surface area contributed by atoms with Gasteiger partial charge in [-0.3, -0.25) is 9.59 Å². The Morgan fingerprint density at radius 2 is 1.00 bits per heavy atom. The Morgan fingerprint density at radius 3 is 1.34 bits per heavy atom. The fourth-order valence-corrected chi connectivity index (χ4v) is 5.45. The zero-order chi connectivity index (χ0) is 39.3. The number of rotatable bonds is 14. The number of hydrogen-bond donors (Lipinski definition) is 4. The molecule has 0 aliphatic rings. The van der Waals surface area contributed by atoms with E-state index in [-0.39, 0.29) is 33.9 Å². The molecule has 0 unspecified atom stereocenters. The van der Waals surface area contributed by atoms with Crippen molar-refractivity contribution >= 4 is 35.1 Å². The summed E-state index contributed by atoms with van der Waals surface area (Å²) in [6.07, 6.45) is 7.47. The highest BCUT2D eigenvalue weighted by Crippen LogP contribution is 2.39. The summed E-state index contributed by atoms with van der Waals surface area (Å²) in [5.41, 5.74) is 5.97. The standard InChI is InChI=1S/C23H29NO3.C22H27NO3/c1-6-23(3,4)19-14-17(22(27-7-2)15-21(19)26)10-13-20(25)16-8-11-18(24-5)12-9-16;1-6-26-21-14-20(25)18(22(2,3)4)13-16(21)9-12-19(24)15-7-10-17(23-5)11-8-15/h8-15,24,26H,6-7H2,1-5H3;7-14,23,25H,6H2,1-5H3. The van der Waals surface area contributed by atoms with Crippen molar-refractivity contribution in [2.24, 2.45) is 0 Å². The van der Waals surface area contributed by atoms with Gasteiger partial charge in [0.15, 0.2) is 11.6 Å². The van der Waals surface area contributed by atoms with Gasteiger partial charge in [0.05, 0.1) is 13.2 Å². The van der Waals surface area contributed by atoms with Gasteiger partial charge < -0.3 is 30.3 Å². The Hall–Kier alpha value is -5.50. The number of benzene rings is 4. The van der Waals surface area contributed by atoms with Gasteiger partial charge in [0.1, 0.15) is 23.0 Å². The predicted octanol–water partition coefficient (Wildman–Crippen LogP) is 10.4. The van der Waals surface area contributed by atoms with Crippen molar-refractivity contribution < 1.29 is 29.3 Å². The van der Waals surface area contributed by atoms with E-state index in [1.54, 1.807) is 54.6 Å². The van der Waals surface area contributed by atoms with Crippen molar-refractivity contribution in [1.82, 2.24) is 0 Å². The van der Waals surface area contributed by atoms with Gasteiger partial charge in [-0.25, -0.2) is 0 Å². The number of ketones is 2. The van der Waals surface area contributed by atoms with E-state index in [4.69, 9.17) is 9.47 Å². The summed E-state index contributed by atoms with van der Waals surface area (Å²) in [4.78, 5) is 24.9. The summed E-state index contributed by atoms with van der Waals surface area (Å²) in [5, 5.41) is 26.8. The first-order chi connectivity index (χ1) is 25.1. The van der Waals surface area contributed by atoms with Crippen molar-refractivity contribution in [3.8, 4) is 23.0 Å². The predicted molar refractivity (Wildman–Crippen MR) is 219 cm³/mol. The average molecular weight is 721 g/mol. The summed E-state index contributed by atoms with van der Waals surface area (Å²) in [6.45, 7) is 17.1. The molecular weight excluding hydrogens is 665 g/mol. The molecule has 0 saturated heterocycles. The highest BCUT2D eigenvalue weighted by Gasteiger charge is 2.24. The lowest BCUT2D eigenvalue weighted by Crippen LogP contribution is -2.16. The Morgan fingerprint density at radius 1 is 0.623 bits per heavy atom. The van der Waals surface area contributed by atoms with Crippen LogP contribution in [-0.2, 0) is 10.8 Å². The second kappa shape index (κ2) is 18.8. The molecule has 53 heavy (non-hydrogen) atoms. The molecule has 8 heteroatoms. The molecule has 0 aromatic heterocycles. The van der Waals surface area contributed by atoms with Gasteiger partial charge in [0, 0.05) is 71.0 Å². The van der Waals surface area contributed by atoms with Crippen molar-refractivity contribution in [3.63, 3.8) is 0 Å². The molecule has 4 N–H and O–H groups in total. The van der Waals surface area contributed by atoms with Crippen LogP contribution in [0.25, 0.3) is 12.2 Å². The minimum absolute atomic E-state index is 0.0792. The maximum atomic E-state index is 12.5. The molecule has 0 radical (unpaired) electrons. The van der Waals surface area contributed by atoms with E-state index in [2.05, 4.69) is 31.4 Å². The molecule has 0 saturated carbocycles. The zero-order valence-corrected chi connectivity index (χ0v) is 32.9. The fraction of sp³-hybridized carbons (Fsp3) is 0.333. The van der Waals surface area contributed by atoms with Gasteiger partial charge in [-0.2, -0.15) is 0 Å². The van der Waals surface area contributed by atoms with E-state index in [0.29, 0.717) is 35.8 Å². The summed E-state index contributed by atoms with van der Waals surface area (Å²) in [5.74, 6) is 1.39. The smallest absolute Gasteiger partial charge is 0.185 e. The van der Waals surface area contributed by atoms with Crippen molar-refractivity contribution in [2.45, 2.75) is 72.6 Å². The first kappa shape index (κ1) is 41.9. The Bertz CT molecular complexity index is 1900. The molecule has 0 heterocycles. The first-order valence-corrected chi connectivity index (χ1v) is 18.1. The van der Waals surface area contributed by atoms with Crippen molar-refractivity contribution in [3.05, 3.63) is 118 Å². The minimum Gasteiger partial charge on any atom is -0.508 e. The number of carbonyl (C=O) groups is 2. The van der Waals surface area contributed by atoms with E-state index < -0.39 is 0 Å². The van der Waals surface area contributed by atoms with Crippen LogP contribution >= 0.6 is 0 Å². The third-order valence-corrected chi connectivity index (χ3v) is 9.02. The molecule has 4 aromatic carbocycles. The van der Waals surface area contributed by atoms with Crippen LogP contribution in [0.2, 0.25) is 0 Å². The summed E-state index contributed by atoms with van der Waals surface area (Å²) in [6, 6.07) is 21.7. The molecule has 0 atom stereocenters. The van der Waals surface area contributed by atoms with Crippen LogP contribution in [0.3, 0.4) is 0 Å². The van der Waals surface area contributed by atoms with E-state index >= 15 is 0 Å². The fourth-order valence-electron chi connectivity index (χ4n) is 5.45. The maximum absolute atomic E-state index is 12.5. The minimum atomic E-state index is -0.218. The molecule has 0 aliphatic carbocycles. The third kappa shape index (κ3) is 11.5. The van der Waals surface area contributed by atoms with Gasteiger partial charge in [-0.1, -0.05) is 41.5 Å². The second-order valence-corrected chi connectivity index (χ2v) is 14.2. The van der Waals surface area contributed by atoms with Gasteiger partial charge in [-0.15, -0.1) is 0 Å². The average Bonchev–Trinajstić information content (AvgIpc) is 3.13. The number of phenols is 2. The first-order valence-electron chi connectivity index (χ1n) is 18.1. The topological polar surface area (TPSA) is 117 Å². The molecule has 0 spiro atoms. The van der Waals surface area contributed by atoms with E-state index in [0.717, 1.165) is 40.0 Å². The third-order valence-electron chi connectivity index (χ3n) is 9.02. The zero-order valence-electron chi connectivity index (χ0n) is 32.9. The number of phenolic OH excluding ortho intramolecular Hbond substituents is 2. The lowest BCUT2D eigenvalue weighted by molar-refractivity contribution is 0.103. The molecular formula is C45H56N2O6. The quantitative estimate of drug-likeness (QED) is 0.0751. The highest BCUT2D eigenvalue weighted by molar-refractivity contribution is 6.07. The van der Waals surface area contributed by atoms with Crippen LogP contribution in [0, 0.1) is 0 Å². The van der Waals surface area contributed by atoms with Crippen LogP contribution < -0.4 is 20.1 Å². The van der Waals surface area contributed by atoms with Crippen LogP contribution in [0.4, 0.5) is 11.4 Å². The van der Waals surface area contributed by atoms with Crippen molar-refractivity contribution in [1.29, 1.82) is 0 Å². The molecule has 4 rings (SSSR count). The van der Waals surface area contributed by atoms with E-state index in [1.165, 1.54) is 6.08 Å². The number of allylic oxidation sites excluding steroid dienone is 2.